The zero-order chi connectivity index (χ0) is 23.7. The average molecular weight is 449 g/mol. The summed E-state index contributed by atoms with van der Waals surface area (Å²) in [6.45, 7) is 9.29. The number of ketones is 1. The Morgan fingerprint density at radius 1 is 1.12 bits per heavy atom. The van der Waals surface area contributed by atoms with E-state index in [0.717, 1.165) is 5.56 Å². The van der Waals surface area contributed by atoms with E-state index in [1.807, 2.05) is 30.3 Å². The second-order valence-electron chi connectivity index (χ2n) is 9.40. The van der Waals surface area contributed by atoms with E-state index < -0.39 is 35.7 Å². The van der Waals surface area contributed by atoms with E-state index in [1.54, 1.807) is 27.7 Å². The third-order valence-corrected chi connectivity index (χ3v) is 5.15. The van der Waals surface area contributed by atoms with Crippen molar-refractivity contribution >= 4 is 17.7 Å². The molecule has 0 radical (unpaired) electrons. The molecular weight excluding hydrogens is 412 g/mol. The maximum absolute atomic E-state index is 12.8. The van der Waals surface area contributed by atoms with Crippen molar-refractivity contribution in [1.82, 2.24) is 0 Å². The van der Waals surface area contributed by atoms with Crippen LogP contribution in [0.1, 0.15) is 53.0 Å². The second-order valence-corrected chi connectivity index (χ2v) is 9.40. The summed E-state index contributed by atoms with van der Waals surface area (Å²) < 4.78 is 23.0. The van der Waals surface area contributed by atoms with Crippen LogP contribution in [0.25, 0.3) is 0 Å². The number of cyclic esters (lactones) is 1. The molecule has 1 fully saturated rings. The number of hydrogen-bond acceptors (Lipinski definition) is 7. The van der Waals surface area contributed by atoms with Gasteiger partial charge in [-0.3, -0.25) is 14.4 Å². The maximum Gasteiger partial charge on any atom is 0.312 e. The topological polar surface area (TPSA) is 88.1 Å². The van der Waals surface area contributed by atoms with Gasteiger partial charge in [0.05, 0.1) is 38.3 Å². The predicted octanol–water partition coefficient (Wildman–Crippen LogP) is 3.52. The first kappa shape index (κ1) is 26.0. The van der Waals surface area contributed by atoms with Crippen LogP contribution in [0.15, 0.2) is 30.3 Å². The van der Waals surface area contributed by atoms with Crippen molar-refractivity contribution < 1.29 is 33.3 Å². The molecule has 0 aliphatic carbocycles. The Hall–Kier alpha value is -2.25. The van der Waals surface area contributed by atoms with Gasteiger partial charge in [0.1, 0.15) is 17.5 Å². The van der Waals surface area contributed by atoms with Gasteiger partial charge in [-0.25, -0.2) is 0 Å². The van der Waals surface area contributed by atoms with Gasteiger partial charge in [0.25, 0.3) is 0 Å². The standard InChI is InChI=1S/C25H36O7/c1-17(26)11-12-30-23-18(2)31-24(28)21(14-22(27)32-25(3,4)5)16-29-15-20(23)13-19-9-7-6-8-10-19/h6-10,18,20-21,23H,11-16H2,1-5H3/t18-,20-,21-,23-/m0/s1. The van der Waals surface area contributed by atoms with Crippen molar-refractivity contribution in [2.45, 2.75) is 71.7 Å². The fraction of sp³-hybridized carbons (Fsp3) is 0.640. The molecule has 0 saturated carbocycles. The number of carbonyl (C=O) groups excluding carboxylic acids is 3. The first-order valence-electron chi connectivity index (χ1n) is 11.2. The Morgan fingerprint density at radius 3 is 2.44 bits per heavy atom. The van der Waals surface area contributed by atoms with Crippen LogP contribution in [-0.2, 0) is 39.8 Å². The Kier molecular flexibility index (Phi) is 9.84. The van der Waals surface area contributed by atoms with Crippen molar-refractivity contribution in [3.63, 3.8) is 0 Å². The molecule has 178 valence electrons. The average Bonchev–Trinajstić information content (AvgIpc) is 2.72. The first-order valence-corrected chi connectivity index (χ1v) is 11.2. The van der Waals surface area contributed by atoms with Gasteiger partial charge in [-0.05, 0) is 46.6 Å². The van der Waals surface area contributed by atoms with E-state index >= 15 is 0 Å². The molecule has 0 spiro atoms. The number of esters is 2. The first-order chi connectivity index (χ1) is 15.0. The molecule has 1 heterocycles. The molecule has 4 atom stereocenters. The molecular formula is C25H36O7. The van der Waals surface area contributed by atoms with Crippen LogP contribution in [0.4, 0.5) is 0 Å². The van der Waals surface area contributed by atoms with Gasteiger partial charge >= 0.3 is 11.9 Å². The molecule has 1 aromatic carbocycles. The lowest BCUT2D eigenvalue weighted by Crippen LogP contribution is -2.40. The van der Waals surface area contributed by atoms with Gasteiger partial charge in [0.15, 0.2) is 0 Å². The normalized spacial score (nSPS) is 24.6. The molecule has 1 aromatic rings. The lowest BCUT2D eigenvalue weighted by atomic mass is 9.91. The lowest BCUT2D eigenvalue weighted by molar-refractivity contribution is -0.168. The molecule has 1 aliphatic heterocycles. The minimum atomic E-state index is -0.749. The van der Waals surface area contributed by atoms with Gasteiger partial charge in [-0.1, -0.05) is 30.3 Å². The maximum atomic E-state index is 12.8. The van der Waals surface area contributed by atoms with Crippen molar-refractivity contribution in [3.05, 3.63) is 35.9 Å². The molecule has 7 nitrogen and oxygen atoms in total. The van der Waals surface area contributed by atoms with Crippen LogP contribution in [-0.4, -0.2) is 55.4 Å². The van der Waals surface area contributed by atoms with Gasteiger partial charge in [0, 0.05) is 12.3 Å². The van der Waals surface area contributed by atoms with Crippen molar-refractivity contribution in [2.75, 3.05) is 19.8 Å². The minimum absolute atomic E-state index is 0.0333. The summed E-state index contributed by atoms with van der Waals surface area (Å²) in [5, 5.41) is 0. The summed E-state index contributed by atoms with van der Waals surface area (Å²) in [6, 6.07) is 9.95. The Bertz CT molecular complexity index is 753. The molecule has 0 amide bonds. The number of benzene rings is 1. The van der Waals surface area contributed by atoms with E-state index in [2.05, 4.69) is 0 Å². The van der Waals surface area contributed by atoms with Gasteiger partial charge in [-0.15, -0.1) is 0 Å². The molecule has 1 saturated heterocycles. The number of Topliss-reactive ketones (excluding diaryl/α,β-unsaturated/α-hetero) is 1. The summed E-state index contributed by atoms with van der Waals surface area (Å²) in [7, 11) is 0. The Labute approximate surface area is 190 Å². The van der Waals surface area contributed by atoms with Crippen LogP contribution in [0, 0.1) is 11.8 Å². The Balaban J connectivity index is 2.15. The molecule has 0 unspecified atom stereocenters. The van der Waals surface area contributed by atoms with Crippen LogP contribution in [0.2, 0.25) is 0 Å². The number of ether oxygens (including phenoxy) is 4. The summed E-state index contributed by atoms with van der Waals surface area (Å²) in [5.41, 5.74) is 0.480. The predicted molar refractivity (Wildman–Crippen MR) is 119 cm³/mol. The molecule has 7 heteroatoms. The molecule has 2 rings (SSSR count). The van der Waals surface area contributed by atoms with Crippen LogP contribution >= 0.6 is 0 Å². The monoisotopic (exact) mass is 448 g/mol. The fourth-order valence-corrected chi connectivity index (χ4v) is 3.68. The largest absolute Gasteiger partial charge is 0.460 e. The van der Waals surface area contributed by atoms with Crippen molar-refractivity contribution in [1.29, 1.82) is 0 Å². The third-order valence-electron chi connectivity index (χ3n) is 5.15. The van der Waals surface area contributed by atoms with Gasteiger partial charge < -0.3 is 18.9 Å². The highest BCUT2D eigenvalue weighted by Gasteiger charge is 2.36. The highest BCUT2D eigenvalue weighted by atomic mass is 16.6. The minimum Gasteiger partial charge on any atom is -0.460 e. The van der Waals surface area contributed by atoms with E-state index in [0.29, 0.717) is 13.0 Å². The van der Waals surface area contributed by atoms with E-state index in [9.17, 15) is 14.4 Å². The van der Waals surface area contributed by atoms with Gasteiger partial charge in [0.2, 0.25) is 0 Å². The summed E-state index contributed by atoms with van der Waals surface area (Å²) in [4.78, 5) is 36.5. The van der Waals surface area contributed by atoms with Crippen molar-refractivity contribution in [3.8, 4) is 0 Å². The van der Waals surface area contributed by atoms with E-state index in [1.165, 1.54) is 6.92 Å². The van der Waals surface area contributed by atoms with Crippen LogP contribution in [0.3, 0.4) is 0 Å². The third kappa shape index (κ3) is 9.09. The van der Waals surface area contributed by atoms with E-state index in [4.69, 9.17) is 18.9 Å². The molecule has 0 bridgehead atoms. The fourth-order valence-electron chi connectivity index (χ4n) is 3.68. The zero-order valence-corrected chi connectivity index (χ0v) is 19.8. The molecule has 0 N–H and O–H groups in total. The van der Waals surface area contributed by atoms with Crippen LogP contribution in [0.5, 0.6) is 0 Å². The molecule has 32 heavy (non-hydrogen) atoms. The summed E-state index contributed by atoms with van der Waals surface area (Å²) >= 11 is 0. The zero-order valence-electron chi connectivity index (χ0n) is 19.8. The van der Waals surface area contributed by atoms with Gasteiger partial charge in [-0.2, -0.15) is 0 Å². The number of carbonyl (C=O) groups is 3. The number of rotatable bonds is 8. The summed E-state index contributed by atoms with van der Waals surface area (Å²) in [6.07, 6.45) is -0.159. The highest BCUT2D eigenvalue weighted by molar-refractivity contribution is 5.80. The summed E-state index contributed by atoms with van der Waals surface area (Å²) in [5.74, 6) is -1.78. The van der Waals surface area contributed by atoms with Crippen molar-refractivity contribution in [2.24, 2.45) is 11.8 Å². The quantitative estimate of drug-likeness (QED) is 0.562. The van der Waals surface area contributed by atoms with Crippen LogP contribution < -0.4 is 0 Å². The lowest BCUT2D eigenvalue weighted by Gasteiger charge is -2.30. The second kappa shape index (κ2) is 12.1. The Morgan fingerprint density at radius 2 is 1.81 bits per heavy atom. The number of hydrogen-bond donors (Lipinski definition) is 0. The smallest absolute Gasteiger partial charge is 0.312 e. The SMILES string of the molecule is CC(=O)CCO[C@@H]1[C@@H](Cc2ccccc2)COC[C@H](CC(=O)OC(C)(C)C)C(=O)O[C@H]1C. The molecule has 0 aromatic heterocycles. The van der Waals surface area contributed by atoms with E-state index in [-0.39, 0.29) is 37.8 Å². The molecule has 1 aliphatic rings. The highest BCUT2D eigenvalue weighted by Crippen LogP contribution is 2.25.